The van der Waals surface area contributed by atoms with Crippen LogP contribution in [0.2, 0.25) is 0 Å². The maximum atomic E-state index is 6.19. The molecule has 1 fully saturated rings. The first-order valence-corrected chi connectivity index (χ1v) is 11.6. The number of hydrogen-bond acceptors (Lipinski definition) is 2. The van der Waals surface area contributed by atoms with Crippen molar-refractivity contribution in [3.63, 3.8) is 0 Å². The van der Waals surface area contributed by atoms with Gasteiger partial charge in [0.05, 0.1) is 0 Å². The Morgan fingerprint density at radius 3 is 2.45 bits per heavy atom. The predicted molar refractivity (Wildman–Crippen MR) is 125 cm³/mol. The van der Waals surface area contributed by atoms with Crippen LogP contribution in [0.1, 0.15) is 58.4 Å². The lowest BCUT2D eigenvalue weighted by Crippen LogP contribution is -2.42. The summed E-state index contributed by atoms with van der Waals surface area (Å²) in [6.45, 7) is 10.2. The van der Waals surface area contributed by atoms with Gasteiger partial charge in [-0.25, -0.2) is 0 Å². The fourth-order valence-corrected chi connectivity index (χ4v) is 5.11. The third-order valence-corrected chi connectivity index (χ3v) is 7.04. The van der Waals surface area contributed by atoms with Crippen LogP contribution in [-0.4, -0.2) is 28.1 Å². The molecule has 0 spiro atoms. The minimum absolute atomic E-state index is 0.410. The van der Waals surface area contributed by atoms with Crippen LogP contribution in [0.3, 0.4) is 0 Å². The summed E-state index contributed by atoms with van der Waals surface area (Å²) in [7, 11) is 0. The van der Waals surface area contributed by atoms with Crippen molar-refractivity contribution in [2.24, 2.45) is 11.7 Å². The van der Waals surface area contributed by atoms with Crippen LogP contribution in [0, 0.1) is 5.92 Å². The standard InChI is InChI=1S/C26H37N3/c1-4-19(3)17-28(22-13-11-21(27)12-14-22)18-20-10-15-26-24(16-20)23-8-6-7-9-25(23)29(26)5-2/h6-10,15-16,19,21-22H,4-5,11-14,17-18,27H2,1-3H3. The summed E-state index contributed by atoms with van der Waals surface area (Å²) in [5.74, 6) is 0.733. The van der Waals surface area contributed by atoms with Gasteiger partial charge in [0, 0.05) is 53.5 Å². The number of rotatable bonds is 7. The van der Waals surface area contributed by atoms with Crippen molar-refractivity contribution in [1.29, 1.82) is 0 Å². The van der Waals surface area contributed by atoms with Gasteiger partial charge in [0.2, 0.25) is 0 Å². The second-order valence-electron chi connectivity index (χ2n) is 9.12. The lowest BCUT2D eigenvalue weighted by atomic mass is 9.89. The number of fused-ring (bicyclic) bond motifs is 3. The van der Waals surface area contributed by atoms with Gasteiger partial charge in [-0.1, -0.05) is 44.5 Å². The summed E-state index contributed by atoms with van der Waals surface area (Å²) < 4.78 is 2.44. The molecule has 2 N–H and O–H groups in total. The van der Waals surface area contributed by atoms with Crippen LogP contribution in [0.4, 0.5) is 0 Å². The topological polar surface area (TPSA) is 34.2 Å². The normalized spacial score (nSPS) is 21.3. The van der Waals surface area contributed by atoms with E-state index >= 15 is 0 Å². The van der Waals surface area contributed by atoms with E-state index in [-0.39, 0.29) is 0 Å². The van der Waals surface area contributed by atoms with E-state index < -0.39 is 0 Å². The van der Waals surface area contributed by atoms with E-state index in [2.05, 4.69) is 72.7 Å². The Kier molecular flexibility index (Phi) is 6.26. The van der Waals surface area contributed by atoms with E-state index in [0.717, 1.165) is 19.0 Å². The van der Waals surface area contributed by atoms with Crippen molar-refractivity contribution in [2.45, 2.75) is 78.0 Å². The third-order valence-electron chi connectivity index (χ3n) is 7.04. The predicted octanol–water partition coefficient (Wildman–Crippen LogP) is 5.93. The van der Waals surface area contributed by atoms with E-state index in [1.807, 2.05) is 0 Å². The van der Waals surface area contributed by atoms with Crippen molar-refractivity contribution in [3.05, 3.63) is 48.0 Å². The second-order valence-corrected chi connectivity index (χ2v) is 9.12. The summed E-state index contributed by atoms with van der Waals surface area (Å²) in [4.78, 5) is 2.75. The molecule has 1 aliphatic carbocycles. The number of aromatic nitrogens is 1. The summed E-state index contributed by atoms with van der Waals surface area (Å²) in [6, 6.07) is 17.1. The highest BCUT2D eigenvalue weighted by Crippen LogP contribution is 2.31. The molecule has 0 bridgehead atoms. The van der Waals surface area contributed by atoms with Gasteiger partial charge in [0.25, 0.3) is 0 Å². The molecule has 0 amide bonds. The first kappa shape index (κ1) is 20.4. The molecule has 1 unspecified atom stereocenters. The van der Waals surface area contributed by atoms with Gasteiger partial charge in [0.15, 0.2) is 0 Å². The molecule has 4 rings (SSSR count). The van der Waals surface area contributed by atoms with Crippen molar-refractivity contribution in [3.8, 4) is 0 Å². The molecule has 1 aromatic heterocycles. The largest absolute Gasteiger partial charge is 0.341 e. The van der Waals surface area contributed by atoms with Gasteiger partial charge >= 0.3 is 0 Å². The Morgan fingerprint density at radius 2 is 1.72 bits per heavy atom. The van der Waals surface area contributed by atoms with Crippen LogP contribution in [0.15, 0.2) is 42.5 Å². The average Bonchev–Trinajstić information content (AvgIpc) is 3.06. The Morgan fingerprint density at radius 1 is 1.00 bits per heavy atom. The maximum absolute atomic E-state index is 6.19. The van der Waals surface area contributed by atoms with Gasteiger partial charge in [-0.3, -0.25) is 4.90 Å². The summed E-state index contributed by atoms with van der Waals surface area (Å²) >= 11 is 0. The molecule has 3 aromatic rings. The van der Waals surface area contributed by atoms with Crippen LogP contribution >= 0.6 is 0 Å². The van der Waals surface area contributed by atoms with Crippen LogP contribution < -0.4 is 5.73 Å². The fourth-order valence-electron chi connectivity index (χ4n) is 5.11. The van der Waals surface area contributed by atoms with Crippen molar-refractivity contribution >= 4 is 21.8 Å². The van der Waals surface area contributed by atoms with Gasteiger partial charge in [-0.05, 0) is 62.3 Å². The van der Waals surface area contributed by atoms with Gasteiger partial charge in [-0.15, -0.1) is 0 Å². The summed E-state index contributed by atoms with van der Waals surface area (Å²) in [5.41, 5.74) is 10.3. The smallest absolute Gasteiger partial charge is 0.0491 e. The highest BCUT2D eigenvalue weighted by molar-refractivity contribution is 6.08. The molecule has 3 nitrogen and oxygen atoms in total. The van der Waals surface area contributed by atoms with Gasteiger partial charge in [-0.2, -0.15) is 0 Å². The quantitative estimate of drug-likeness (QED) is 0.541. The van der Waals surface area contributed by atoms with Crippen molar-refractivity contribution in [1.82, 2.24) is 9.47 Å². The lowest BCUT2D eigenvalue weighted by molar-refractivity contribution is 0.122. The van der Waals surface area contributed by atoms with Crippen LogP contribution in [0.5, 0.6) is 0 Å². The first-order chi connectivity index (χ1) is 14.1. The lowest BCUT2D eigenvalue weighted by Gasteiger charge is -2.37. The van der Waals surface area contributed by atoms with Gasteiger partial charge < -0.3 is 10.3 Å². The maximum Gasteiger partial charge on any atom is 0.0491 e. The number of nitrogens with zero attached hydrogens (tertiary/aromatic N) is 2. The number of aryl methyl sites for hydroxylation is 1. The molecular formula is C26H37N3. The minimum Gasteiger partial charge on any atom is -0.341 e. The number of nitrogens with two attached hydrogens (primary N) is 1. The van der Waals surface area contributed by atoms with Crippen LogP contribution in [-0.2, 0) is 13.1 Å². The Labute approximate surface area is 175 Å². The number of para-hydroxylation sites is 1. The van der Waals surface area contributed by atoms with E-state index in [9.17, 15) is 0 Å². The molecule has 29 heavy (non-hydrogen) atoms. The number of hydrogen-bond donors (Lipinski definition) is 1. The average molecular weight is 392 g/mol. The van der Waals surface area contributed by atoms with Crippen molar-refractivity contribution in [2.75, 3.05) is 6.54 Å². The number of benzene rings is 2. The van der Waals surface area contributed by atoms with E-state index in [1.54, 1.807) is 0 Å². The molecule has 0 aliphatic heterocycles. The van der Waals surface area contributed by atoms with E-state index in [4.69, 9.17) is 5.73 Å². The molecule has 156 valence electrons. The third kappa shape index (κ3) is 4.22. The molecule has 1 atom stereocenters. The molecular weight excluding hydrogens is 354 g/mol. The molecule has 0 radical (unpaired) electrons. The summed E-state index contributed by atoms with van der Waals surface area (Å²) in [5, 5.41) is 2.78. The molecule has 1 aliphatic rings. The SMILES string of the molecule is CCC(C)CN(Cc1ccc2c(c1)c1ccccc1n2CC)C1CCC(N)CC1. The fraction of sp³-hybridized carbons (Fsp3) is 0.538. The first-order valence-electron chi connectivity index (χ1n) is 11.6. The van der Waals surface area contributed by atoms with E-state index in [0.29, 0.717) is 12.1 Å². The Balaban J connectivity index is 1.65. The summed E-state index contributed by atoms with van der Waals surface area (Å²) in [6.07, 6.45) is 6.07. The molecule has 0 saturated heterocycles. The zero-order chi connectivity index (χ0) is 20.4. The molecule has 1 saturated carbocycles. The second kappa shape index (κ2) is 8.89. The zero-order valence-corrected chi connectivity index (χ0v) is 18.4. The zero-order valence-electron chi connectivity index (χ0n) is 18.4. The molecule has 1 heterocycles. The highest BCUT2D eigenvalue weighted by Gasteiger charge is 2.25. The van der Waals surface area contributed by atoms with Crippen molar-refractivity contribution < 1.29 is 0 Å². The van der Waals surface area contributed by atoms with Crippen LogP contribution in [0.25, 0.3) is 21.8 Å². The van der Waals surface area contributed by atoms with Gasteiger partial charge in [0.1, 0.15) is 0 Å². The minimum atomic E-state index is 0.410. The molecule has 2 aromatic carbocycles. The molecule has 3 heteroatoms. The highest BCUT2D eigenvalue weighted by atomic mass is 15.2. The Bertz CT molecular complexity index is 949. The monoisotopic (exact) mass is 391 g/mol. The van der Waals surface area contributed by atoms with E-state index in [1.165, 1.54) is 66.0 Å². The Hall–Kier alpha value is -1.84.